The number of rotatable bonds is 34. The molecule has 1 atom stereocenters. The summed E-state index contributed by atoms with van der Waals surface area (Å²) in [6.45, 7) is 3.96. The van der Waals surface area contributed by atoms with Gasteiger partial charge in [-0.15, -0.1) is 0 Å². The fourth-order valence-electron chi connectivity index (χ4n) is 5.04. The van der Waals surface area contributed by atoms with E-state index in [4.69, 9.17) is 9.47 Å². The maximum atomic E-state index is 12.2. The van der Waals surface area contributed by atoms with Gasteiger partial charge in [0, 0.05) is 12.8 Å². The van der Waals surface area contributed by atoms with Crippen molar-refractivity contribution in [3.63, 3.8) is 0 Å². The molecule has 0 rings (SSSR count). The van der Waals surface area contributed by atoms with Gasteiger partial charge in [-0.1, -0.05) is 145 Å². The summed E-state index contributed by atoms with van der Waals surface area (Å²) in [5, 5.41) is 9.55. The van der Waals surface area contributed by atoms with Crippen LogP contribution < -0.4 is 0 Å². The monoisotopic (exact) mass is 669 g/mol. The lowest BCUT2D eigenvalue weighted by Crippen LogP contribution is -2.28. The van der Waals surface area contributed by atoms with Gasteiger partial charge >= 0.3 is 11.9 Å². The zero-order valence-corrected chi connectivity index (χ0v) is 31.0. The van der Waals surface area contributed by atoms with Crippen LogP contribution in [0.3, 0.4) is 0 Å². The van der Waals surface area contributed by atoms with E-state index in [1.54, 1.807) is 0 Å². The molecule has 0 unspecified atom stereocenters. The molecule has 274 valence electrons. The predicted molar refractivity (Wildman–Crippen MR) is 205 cm³/mol. The van der Waals surface area contributed by atoms with Gasteiger partial charge in [-0.25, -0.2) is 0 Å². The largest absolute Gasteiger partial charge is 0.462 e. The van der Waals surface area contributed by atoms with Gasteiger partial charge in [0.05, 0.1) is 6.61 Å². The van der Waals surface area contributed by atoms with Gasteiger partial charge in [0.25, 0.3) is 0 Å². The van der Waals surface area contributed by atoms with E-state index in [1.165, 1.54) is 51.4 Å². The molecule has 0 saturated heterocycles. The first-order chi connectivity index (χ1) is 23.6. The molecule has 0 bridgehead atoms. The minimum atomic E-state index is -0.790. The molecule has 0 radical (unpaired) electrons. The van der Waals surface area contributed by atoms with Crippen LogP contribution >= 0.6 is 0 Å². The van der Waals surface area contributed by atoms with E-state index in [9.17, 15) is 14.7 Å². The Morgan fingerprint density at radius 1 is 0.500 bits per heavy atom. The Hall–Kier alpha value is -2.66. The van der Waals surface area contributed by atoms with Gasteiger partial charge in [-0.2, -0.15) is 0 Å². The number of aliphatic hydroxyl groups excluding tert-OH is 1. The summed E-state index contributed by atoms with van der Waals surface area (Å²) in [5.41, 5.74) is 0. The minimum absolute atomic E-state index is 0.0837. The second kappa shape index (κ2) is 38.8. The smallest absolute Gasteiger partial charge is 0.306 e. The van der Waals surface area contributed by atoms with E-state index in [2.05, 4.69) is 86.8 Å². The molecule has 0 fully saturated rings. The minimum Gasteiger partial charge on any atom is -0.462 e. The van der Waals surface area contributed by atoms with Gasteiger partial charge < -0.3 is 14.6 Å². The third-order valence-electron chi connectivity index (χ3n) is 7.98. The first kappa shape index (κ1) is 45.3. The maximum absolute atomic E-state index is 12.2. The first-order valence-electron chi connectivity index (χ1n) is 19.5. The fourth-order valence-corrected chi connectivity index (χ4v) is 5.04. The summed E-state index contributed by atoms with van der Waals surface area (Å²) in [4.78, 5) is 24.2. The van der Waals surface area contributed by atoms with E-state index in [0.717, 1.165) is 89.9 Å². The van der Waals surface area contributed by atoms with Crippen LogP contribution in [0, 0.1) is 0 Å². The highest BCUT2D eigenvalue weighted by atomic mass is 16.6. The predicted octanol–water partition coefficient (Wildman–Crippen LogP) is 12.2. The van der Waals surface area contributed by atoms with Crippen LogP contribution in [0.5, 0.6) is 0 Å². The number of allylic oxidation sites excluding steroid dienone is 12. The van der Waals surface area contributed by atoms with Gasteiger partial charge in [-0.05, 0) is 83.5 Å². The SMILES string of the molecule is CCC=CCC=CCC=CCC=CCCCCCCC(=O)O[C@@H](CO)COC(=O)CCCCCCCCCC=CCC=CCCCCC. The Bertz CT molecular complexity index is 895. The molecule has 0 aliphatic rings. The number of unbranched alkanes of at least 4 members (excludes halogenated alkanes) is 14. The summed E-state index contributed by atoms with van der Waals surface area (Å²) in [7, 11) is 0. The molecule has 1 N–H and O–H groups in total. The lowest BCUT2D eigenvalue weighted by atomic mass is 10.1. The van der Waals surface area contributed by atoms with Crippen molar-refractivity contribution in [3.05, 3.63) is 72.9 Å². The second-order valence-corrected chi connectivity index (χ2v) is 12.6. The van der Waals surface area contributed by atoms with Crippen LogP contribution in [0.1, 0.15) is 168 Å². The summed E-state index contributed by atoms with van der Waals surface area (Å²) in [6.07, 6.45) is 51.0. The fraction of sp³-hybridized carbons (Fsp3) is 0.674. The van der Waals surface area contributed by atoms with Crippen molar-refractivity contribution in [2.45, 2.75) is 174 Å². The standard InChI is InChI=1S/C43H72O5/c1-3-5-7-9-11-13-15-17-19-21-23-25-27-29-31-33-35-37-42(45)47-40-41(39-44)48-43(46)38-36-34-32-30-28-26-24-22-20-18-16-14-12-10-8-6-4-2/h6,8,11-14,17-20,24,26,41,44H,3-5,7,9-10,15-16,21-23,25,27-40H2,1-2H3/t41-/m0/s1. The zero-order chi connectivity index (χ0) is 35.0. The van der Waals surface area contributed by atoms with Crippen molar-refractivity contribution in [2.75, 3.05) is 13.2 Å². The van der Waals surface area contributed by atoms with Crippen molar-refractivity contribution < 1.29 is 24.2 Å². The van der Waals surface area contributed by atoms with Crippen LogP contribution in [-0.2, 0) is 19.1 Å². The first-order valence-corrected chi connectivity index (χ1v) is 19.5. The average Bonchev–Trinajstić information content (AvgIpc) is 3.09. The molecule has 48 heavy (non-hydrogen) atoms. The summed E-state index contributed by atoms with van der Waals surface area (Å²) in [5.74, 6) is -0.634. The van der Waals surface area contributed by atoms with Crippen LogP contribution in [-0.4, -0.2) is 36.4 Å². The van der Waals surface area contributed by atoms with E-state index >= 15 is 0 Å². The lowest BCUT2D eigenvalue weighted by Gasteiger charge is -2.15. The Morgan fingerprint density at radius 3 is 1.35 bits per heavy atom. The lowest BCUT2D eigenvalue weighted by molar-refractivity contribution is -0.161. The average molecular weight is 669 g/mol. The molecule has 0 amide bonds. The molecule has 5 heteroatoms. The summed E-state index contributed by atoms with van der Waals surface area (Å²) >= 11 is 0. The van der Waals surface area contributed by atoms with Crippen molar-refractivity contribution >= 4 is 11.9 Å². The van der Waals surface area contributed by atoms with Crippen LogP contribution in [0.2, 0.25) is 0 Å². The topological polar surface area (TPSA) is 72.8 Å². The summed E-state index contributed by atoms with van der Waals surface area (Å²) < 4.78 is 10.6. The Labute approximate surface area is 295 Å². The third-order valence-corrected chi connectivity index (χ3v) is 7.98. The molecule has 0 aromatic rings. The number of hydrogen-bond donors (Lipinski definition) is 1. The number of ether oxygens (including phenoxy) is 2. The van der Waals surface area contributed by atoms with E-state index in [0.29, 0.717) is 12.8 Å². The molecule has 0 aromatic carbocycles. The van der Waals surface area contributed by atoms with Crippen molar-refractivity contribution in [2.24, 2.45) is 0 Å². The molecule has 0 heterocycles. The van der Waals surface area contributed by atoms with Gasteiger partial charge in [0.2, 0.25) is 0 Å². The quantitative estimate of drug-likeness (QED) is 0.0420. The highest BCUT2D eigenvalue weighted by Crippen LogP contribution is 2.12. The van der Waals surface area contributed by atoms with Crippen LogP contribution in [0.15, 0.2) is 72.9 Å². The van der Waals surface area contributed by atoms with Gasteiger partial charge in [-0.3, -0.25) is 9.59 Å². The molecule has 0 aromatic heterocycles. The van der Waals surface area contributed by atoms with Gasteiger partial charge in [0.1, 0.15) is 6.61 Å². The second-order valence-electron chi connectivity index (χ2n) is 12.6. The zero-order valence-electron chi connectivity index (χ0n) is 31.0. The molecule has 5 nitrogen and oxygen atoms in total. The van der Waals surface area contributed by atoms with Gasteiger partial charge in [0.15, 0.2) is 6.10 Å². The third kappa shape index (κ3) is 36.2. The highest BCUT2D eigenvalue weighted by molar-refractivity contribution is 5.70. The van der Waals surface area contributed by atoms with E-state index in [-0.39, 0.29) is 25.2 Å². The van der Waals surface area contributed by atoms with Crippen molar-refractivity contribution in [1.82, 2.24) is 0 Å². The number of carbonyl (C=O) groups is 2. The van der Waals surface area contributed by atoms with Crippen LogP contribution in [0.4, 0.5) is 0 Å². The molecule has 0 spiro atoms. The number of esters is 2. The molecular formula is C43H72O5. The summed E-state index contributed by atoms with van der Waals surface area (Å²) in [6, 6.07) is 0. The van der Waals surface area contributed by atoms with Crippen molar-refractivity contribution in [1.29, 1.82) is 0 Å². The van der Waals surface area contributed by atoms with E-state index < -0.39 is 6.10 Å². The number of hydrogen-bond acceptors (Lipinski definition) is 5. The van der Waals surface area contributed by atoms with Crippen molar-refractivity contribution in [3.8, 4) is 0 Å². The molecule has 0 aliphatic heterocycles. The normalized spacial score (nSPS) is 13.0. The molecular weight excluding hydrogens is 596 g/mol. The maximum Gasteiger partial charge on any atom is 0.306 e. The molecule has 0 aliphatic carbocycles. The van der Waals surface area contributed by atoms with Crippen LogP contribution in [0.25, 0.3) is 0 Å². The Balaban J connectivity index is 3.64. The number of aliphatic hydroxyl groups is 1. The Morgan fingerprint density at radius 2 is 0.896 bits per heavy atom. The van der Waals surface area contributed by atoms with E-state index in [1.807, 2.05) is 0 Å². The number of carbonyl (C=O) groups excluding carboxylic acids is 2. The molecule has 0 saturated carbocycles. The highest BCUT2D eigenvalue weighted by Gasteiger charge is 2.16. The Kier molecular flexibility index (Phi) is 36.6.